The van der Waals surface area contributed by atoms with Gasteiger partial charge in [0.15, 0.2) is 0 Å². The second-order valence-electron chi connectivity index (χ2n) is 3.28. The van der Waals surface area contributed by atoms with Crippen molar-refractivity contribution in [2.75, 3.05) is 0 Å². The molecule has 0 aromatic heterocycles. The van der Waals surface area contributed by atoms with Gasteiger partial charge in [-0.2, -0.15) is 0 Å². The van der Waals surface area contributed by atoms with Crippen LogP contribution in [-0.2, 0) is 0 Å². The maximum atomic E-state index is 10.3. The zero-order valence-electron chi connectivity index (χ0n) is 8.46. The first-order valence-corrected chi connectivity index (χ1v) is 4.74. The maximum Gasteiger partial charge on any atom is 0.374 e. The Morgan fingerprint density at radius 1 is 0.875 bits per heavy atom. The van der Waals surface area contributed by atoms with E-state index in [1.165, 1.54) is 0 Å². The number of nitrogens with zero attached hydrogens (tertiary/aromatic N) is 1. The predicted octanol–water partition coefficient (Wildman–Crippen LogP) is 3.21. The van der Waals surface area contributed by atoms with Crippen LogP contribution in [0.25, 0.3) is 11.1 Å². The standard InChI is InChI=1S/C12H8BNO2/c13-16-12-7-3-10(4-8-12)9-1-5-11(14-15)6-2-9/h1-8H. The molecule has 0 spiro atoms. The highest BCUT2D eigenvalue weighted by Crippen LogP contribution is 2.24. The molecule has 0 heterocycles. The lowest BCUT2D eigenvalue weighted by molar-refractivity contribution is 0.616. The third-order valence-electron chi connectivity index (χ3n) is 2.30. The monoisotopic (exact) mass is 209 g/mol. The summed E-state index contributed by atoms with van der Waals surface area (Å²) in [6, 6.07) is 14.4. The summed E-state index contributed by atoms with van der Waals surface area (Å²) in [6.45, 7) is 0. The van der Waals surface area contributed by atoms with E-state index >= 15 is 0 Å². The van der Waals surface area contributed by atoms with Gasteiger partial charge in [-0.15, -0.1) is 4.91 Å². The Balaban J connectivity index is 2.31. The number of rotatable bonds is 3. The molecule has 2 rings (SSSR count). The average molecular weight is 209 g/mol. The minimum Gasteiger partial charge on any atom is -0.568 e. The van der Waals surface area contributed by atoms with Gasteiger partial charge in [-0.3, -0.25) is 0 Å². The van der Waals surface area contributed by atoms with Gasteiger partial charge in [-0.25, -0.2) is 0 Å². The van der Waals surface area contributed by atoms with Crippen LogP contribution in [0.3, 0.4) is 0 Å². The molecule has 2 aromatic rings. The van der Waals surface area contributed by atoms with Crippen LogP contribution in [0.1, 0.15) is 0 Å². The van der Waals surface area contributed by atoms with Crippen molar-refractivity contribution in [2.24, 2.45) is 5.18 Å². The van der Waals surface area contributed by atoms with Crippen LogP contribution in [0.15, 0.2) is 53.7 Å². The van der Waals surface area contributed by atoms with Crippen LogP contribution < -0.4 is 4.65 Å². The van der Waals surface area contributed by atoms with Crippen LogP contribution in [0.5, 0.6) is 5.75 Å². The van der Waals surface area contributed by atoms with Crippen molar-refractivity contribution in [3.8, 4) is 16.9 Å². The van der Waals surface area contributed by atoms with E-state index in [9.17, 15) is 4.91 Å². The molecule has 0 saturated heterocycles. The summed E-state index contributed by atoms with van der Waals surface area (Å²) in [5.41, 5.74) is 2.46. The zero-order chi connectivity index (χ0) is 11.4. The Labute approximate surface area is 94.5 Å². The van der Waals surface area contributed by atoms with E-state index in [-0.39, 0.29) is 0 Å². The number of nitroso groups, excluding NO2 is 1. The quantitative estimate of drug-likeness (QED) is 0.574. The van der Waals surface area contributed by atoms with Crippen molar-refractivity contribution >= 4 is 13.7 Å². The van der Waals surface area contributed by atoms with Crippen molar-refractivity contribution in [1.82, 2.24) is 0 Å². The van der Waals surface area contributed by atoms with Gasteiger partial charge >= 0.3 is 8.05 Å². The SMILES string of the molecule is [B]Oc1ccc(-c2ccc(N=O)cc2)cc1. The summed E-state index contributed by atoms with van der Waals surface area (Å²) in [6.07, 6.45) is 0. The predicted molar refractivity (Wildman–Crippen MR) is 63.7 cm³/mol. The normalized spacial score (nSPS) is 9.75. The second kappa shape index (κ2) is 4.62. The van der Waals surface area contributed by atoms with Crippen molar-refractivity contribution < 1.29 is 4.65 Å². The van der Waals surface area contributed by atoms with Crippen molar-refractivity contribution in [3.63, 3.8) is 0 Å². The van der Waals surface area contributed by atoms with E-state index in [1.807, 2.05) is 24.3 Å². The summed E-state index contributed by atoms with van der Waals surface area (Å²) in [5, 5.41) is 2.85. The Hall–Kier alpha value is -2.10. The average Bonchev–Trinajstić information content (AvgIpc) is 2.39. The van der Waals surface area contributed by atoms with E-state index in [1.54, 1.807) is 24.3 Å². The van der Waals surface area contributed by atoms with E-state index in [4.69, 9.17) is 8.05 Å². The van der Waals surface area contributed by atoms with Gasteiger partial charge in [-0.05, 0) is 40.6 Å². The fraction of sp³-hybridized carbons (Fsp3) is 0. The van der Waals surface area contributed by atoms with Gasteiger partial charge in [0, 0.05) is 0 Å². The Kier molecular flexibility index (Phi) is 3.01. The molecule has 2 radical (unpaired) electrons. The van der Waals surface area contributed by atoms with Gasteiger partial charge < -0.3 is 4.65 Å². The highest BCUT2D eigenvalue weighted by molar-refractivity contribution is 5.99. The lowest BCUT2D eigenvalue weighted by Gasteiger charge is -2.03. The number of hydrogen-bond donors (Lipinski definition) is 0. The molecule has 0 aliphatic heterocycles. The Bertz CT molecular complexity index is 479. The molecule has 76 valence electrons. The first-order valence-electron chi connectivity index (χ1n) is 4.74. The highest BCUT2D eigenvalue weighted by atomic mass is 16.4. The van der Waals surface area contributed by atoms with Crippen LogP contribution in [0, 0.1) is 4.91 Å². The molecule has 0 aliphatic carbocycles. The molecule has 16 heavy (non-hydrogen) atoms. The van der Waals surface area contributed by atoms with Crippen molar-refractivity contribution in [3.05, 3.63) is 53.4 Å². The van der Waals surface area contributed by atoms with Gasteiger partial charge in [0.1, 0.15) is 5.69 Å². The molecule has 3 nitrogen and oxygen atoms in total. The second-order valence-corrected chi connectivity index (χ2v) is 3.28. The van der Waals surface area contributed by atoms with E-state index in [0.29, 0.717) is 11.4 Å². The van der Waals surface area contributed by atoms with Crippen molar-refractivity contribution in [1.29, 1.82) is 0 Å². The molecule has 0 saturated carbocycles. The molecule has 2 aromatic carbocycles. The molecule has 0 fully saturated rings. The Morgan fingerprint density at radius 2 is 1.38 bits per heavy atom. The number of benzene rings is 2. The fourth-order valence-corrected chi connectivity index (χ4v) is 1.44. The lowest BCUT2D eigenvalue weighted by atomic mass is 10.1. The maximum absolute atomic E-state index is 10.3. The zero-order valence-corrected chi connectivity index (χ0v) is 8.46. The molecule has 0 N–H and O–H groups in total. The summed E-state index contributed by atoms with van der Waals surface area (Å²) >= 11 is 0. The van der Waals surface area contributed by atoms with Gasteiger partial charge in [0.05, 0.1) is 5.75 Å². The van der Waals surface area contributed by atoms with Gasteiger partial charge in [0.2, 0.25) is 0 Å². The van der Waals surface area contributed by atoms with Crippen LogP contribution in [-0.4, -0.2) is 8.05 Å². The lowest BCUT2D eigenvalue weighted by Crippen LogP contribution is -1.84. The largest absolute Gasteiger partial charge is 0.568 e. The smallest absolute Gasteiger partial charge is 0.374 e. The molecular weight excluding hydrogens is 201 g/mol. The third-order valence-corrected chi connectivity index (χ3v) is 2.30. The summed E-state index contributed by atoms with van der Waals surface area (Å²) in [7, 11) is 5.03. The molecule has 4 heteroatoms. The van der Waals surface area contributed by atoms with Crippen LogP contribution in [0.4, 0.5) is 5.69 Å². The first kappa shape index (κ1) is 10.4. The molecule has 0 unspecified atom stereocenters. The third kappa shape index (κ3) is 2.11. The summed E-state index contributed by atoms with van der Waals surface area (Å²) in [4.78, 5) is 10.3. The van der Waals surface area contributed by atoms with Crippen LogP contribution >= 0.6 is 0 Å². The van der Waals surface area contributed by atoms with Crippen LogP contribution in [0.2, 0.25) is 0 Å². The summed E-state index contributed by atoms with van der Waals surface area (Å²) < 4.78 is 4.59. The summed E-state index contributed by atoms with van der Waals surface area (Å²) in [5.74, 6) is 0.606. The highest BCUT2D eigenvalue weighted by Gasteiger charge is 1.98. The molecular formula is C12H8BNO2. The topological polar surface area (TPSA) is 38.7 Å². The Morgan fingerprint density at radius 3 is 1.81 bits per heavy atom. The molecule has 0 aliphatic rings. The van der Waals surface area contributed by atoms with Gasteiger partial charge in [-0.1, -0.05) is 24.3 Å². The van der Waals surface area contributed by atoms with E-state index in [0.717, 1.165) is 11.1 Å². The fourth-order valence-electron chi connectivity index (χ4n) is 1.44. The number of hydrogen-bond acceptors (Lipinski definition) is 3. The molecule has 0 amide bonds. The first-order chi connectivity index (χ1) is 7.83. The molecule has 0 bridgehead atoms. The minimum atomic E-state index is 0.422. The minimum absolute atomic E-state index is 0.422. The van der Waals surface area contributed by atoms with Crippen molar-refractivity contribution in [2.45, 2.75) is 0 Å². The van der Waals surface area contributed by atoms with E-state index in [2.05, 4.69) is 9.83 Å². The van der Waals surface area contributed by atoms with Gasteiger partial charge in [0.25, 0.3) is 0 Å². The molecule has 0 atom stereocenters. The van der Waals surface area contributed by atoms with E-state index < -0.39 is 0 Å².